The average molecular weight is 488 g/mol. The predicted molar refractivity (Wildman–Crippen MR) is 133 cm³/mol. The fourth-order valence-corrected chi connectivity index (χ4v) is 3.67. The van der Waals surface area contributed by atoms with E-state index in [1.807, 2.05) is 38.1 Å². The number of carbonyl (C=O) groups excluding carboxylic acids is 3. The summed E-state index contributed by atoms with van der Waals surface area (Å²) in [4.78, 5) is 53.0. The van der Waals surface area contributed by atoms with Gasteiger partial charge in [-0.1, -0.05) is 45.9 Å². The number of benzene rings is 1. The minimum absolute atomic E-state index is 0.0437. The molecule has 0 radical (unpaired) electrons. The Hall–Kier alpha value is -3.40. The lowest BCUT2D eigenvalue weighted by Gasteiger charge is -2.25. The van der Waals surface area contributed by atoms with E-state index in [0.29, 0.717) is 6.42 Å². The Labute approximate surface area is 205 Å². The second-order valence-electron chi connectivity index (χ2n) is 9.65. The molecule has 0 aliphatic rings. The highest BCUT2D eigenvalue weighted by Crippen LogP contribution is 2.19. The van der Waals surface area contributed by atoms with E-state index < -0.39 is 47.9 Å². The number of rotatable bonds is 12. The molecule has 35 heavy (non-hydrogen) atoms. The molecule has 7 N–H and O–H groups in total. The number of amides is 3. The molecule has 4 unspecified atom stereocenters. The number of carboxylic acids is 1. The minimum atomic E-state index is -1.19. The smallest absolute Gasteiger partial charge is 0.326 e. The van der Waals surface area contributed by atoms with Crippen molar-refractivity contribution in [1.82, 2.24) is 20.9 Å². The molecule has 0 aliphatic heterocycles. The lowest BCUT2D eigenvalue weighted by molar-refractivity contribution is -0.142. The van der Waals surface area contributed by atoms with Crippen LogP contribution in [0, 0.1) is 11.8 Å². The van der Waals surface area contributed by atoms with Gasteiger partial charge in [0.2, 0.25) is 17.7 Å². The molecule has 0 aliphatic carbocycles. The molecule has 0 spiro atoms. The van der Waals surface area contributed by atoms with Crippen molar-refractivity contribution in [2.24, 2.45) is 17.6 Å². The van der Waals surface area contributed by atoms with Gasteiger partial charge in [0.1, 0.15) is 18.1 Å². The number of para-hydroxylation sites is 1. The zero-order valence-corrected chi connectivity index (χ0v) is 20.9. The Bertz CT molecular complexity index is 1050. The van der Waals surface area contributed by atoms with Gasteiger partial charge in [0.25, 0.3) is 0 Å². The Morgan fingerprint density at radius 2 is 1.54 bits per heavy atom. The molecule has 1 aromatic carbocycles. The maximum absolute atomic E-state index is 13.1. The molecule has 0 bridgehead atoms. The summed E-state index contributed by atoms with van der Waals surface area (Å²) in [5.74, 6) is -2.86. The fourth-order valence-electron chi connectivity index (χ4n) is 3.67. The van der Waals surface area contributed by atoms with Gasteiger partial charge in [0.05, 0.1) is 6.04 Å². The van der Waals surface area contributed by atoms with Gasteiger partial charge in [-0.3, -0.25) is 14.4 Å². The molecule has 10 heteroatoms. The number of aromatic amines is 1. The van der Waals surface area contributed by atoms with E-state index in [1.165, 1.54) is 6.92 Å². The lowest BCUT2D eigenvalue weighted by Crippen LogP contribution is -2.57. The van der Waals surface area contributed by atoms with Crippen LogP contribution in [0.2, 0.25) is 0 Å². The van der Waals surface area contributed by atoms with E-state index in [-0.39, 0.29) is 18.3 Å². The molecular weight excluding hydrogens is 450 g/mol. The zero-order chi connectivity index (χ0) is 26.3. The van der Waals surface area contributed by atoms with Crippen molar-refractivity contribution < 1.29 is 24.3 Å². The van der Waals surface area contributed by atoms with Crippen molar-refractivity contribution >= 4 is 34.6 Å². The van der Waals surface area contributed by atoms with Gasteiger partial charge in [-0.2, -0.15) is 0 Å². The molecule has 0 saturated carbocycles. The molecule has 192 valence electrons. The highest BCUT2D eigenvalue weighted by Gasteiger charge is 2.30. The maximum Gasteiger partial charge on any atom is 0.326 e. The summed E-state index contributed by atoms with van der Waals surface area (Å²) in [5, 5.41) is 18.4. The summed E-state index contributed by atoms with van der Waals surface area (Å²) >= 11 is 0. The van der Waals surface area contributed by atoms with Crippen molar-refractivity contribution in [2.75, 3.05) is 0 Å². The van der Waals surface area contributed by atoms with Gasteiger partial charge in [-0.05, 0) is 36.8 Å². The van der Waals surface area contributed by atoms with Crippen molar-refractivity contribution in [2.45, 2.75) is 71.6 Å². The molecule has 4 atom stereocenters. The lowest BCUT2D eigenvalue weighted by atomic mass is 10.0. The van der Waals surface area contributed by atoms with Gasteiger partial charge >= 0.3 is 5.97 Å². The molecule has 0 fully saturated rings. The van der Waals surface area contributed by atoms with E-state index in [4.69, 9.17) is 5.73 Å². The third kappa shape index (κ3) is 7.81. The zero-order valence-electron chi connectivity index (χ0n) is 20.9. The van der Waals surface area contributed by atoms with Gasteiger partial charge in [-0.25, -0.2) is 4.79 Å². The highest BCUT2D eigenvalue weighted by molar-refractivity contribution is 5.94. The van der Waals surface area contributed by atoms with Crippen LogP contribution in [0.5, 0.6) is 0 Å². The van der Waals surface area contributed by atoms with Gasteiger partial charge < -0.3 is 31.8 Å². The average Bonchev–Trinajstić information content (AvgIpc) is 3.19. The quantitative estimate of drug-likeness (QED) is 0.264. The molecule has 2 aromatic rings. The summed E-state index contributed by atoms with van der Waals surface area (Å²) in [7, 11) is 0. The van der Waals surface area contributed by atoms with Crippen LogP contribution in [0.4, 0.5) is 0 Å². The number of nitrogens with one attached hydrogen (secondary N) is 4. The van der Waals surface area contributed by atoms with Crippen LogP contribution in [0.15, 0.2) is 30.5 Å². The second kappa shape index (κ2) is 12.3. The summed E-state index contributed by atoms with van der Waals surface area (Å²) in [6.45, 7) is 8.88. The first-order valence-electron chi connectivity index (χ1n) is 11.8. The van der Waals surface area contributed by atoms with Crippen molar-refractivity contribution in [3.05, 3.63) is 36.0 Å². The van der Waals surface area contributed by atoms with Gasteiger partial charge in [0, 0.05) is 23.5 Å². The van der Waals surface area contributed by atoms with Crippen molar-refractivity contribution in [1.29, 1.82) is 0 Å². The molecule has 0 saturated heterocycles. The number of H-pyrrole nitrogens is 1. The third-order valence-electron chi connectivity index (χ3n) is 5.83. The van der Waals surface area contributed by atoms with Crippen LogP contribution in [0.25, 0.3) is 10.9 Å². The number of nitrogens with two attached hydrogens (primary N) is 1. The van der Waals surface area contributed by atoms with Crippen LogP contribution >= 0.6 is 0 Å². The van der Waals surface area contributed by atoms with E-state index in [2.05, 4.69) is 20.9 Å². The topological polar surface area (TPSA) is 166 Å². The summed E-state index contributed by atoms with van der Waals surface area (Å²) in [5.41, 5.74) is 7.46. The Balaban J connectivity index is 2.10. The normalized spacial score (nSPS) is 14.9. The number of carbonyl (C=O) groups is 4. The van der Waals surface area contributed by atoms with E-state index >= 15 is 0 Å². The summed E-state index contributed by atoms with van der Waals surface area (Å²) in [6, 6.07) is 3.66. The molecule has 3 amide bonds. The van der Waals surface area contributed by atoms with Crippen LogP contribution in [-0.4, -0.2) is 57.9 Å². The van der Waals surface area contributed by atoms with Crippen LogP contribution in [0.3, 0.4) is 0 Å². The summed E-state index contributed by atoms with van der Waals surface area (Å²) < 4.78 is 0. The first-order chi connectivity index (χ1) is 16.4. The third-order valence-corrected chi connectivity index (χ3v) is 5.83. The fraction of sp³-hybridized carbons (Fsp3) is 0.520. The monoisotopic (exact) mass is 487 g/mol. The Kier molecular flexibility index (Phi) is 9.82. The Morgan fingerprint density at radius 1 is 0.914 bits per heavy atom. The number of aromatic nitrogens is 1. The molecule has 1 aromatic heterocycles. The maximum atomic E-state index is 13.1. The van der Waals surface area contributed by atoms with Gasteiger partial charge in [-0.15, -0.1) is 0 Å². The van der Waals surface area contributed by atoms with Crippen molar-refractivity contribution in [3.63, 3.8) is 0 Å². The van der Waals surface area contributed by atoms with Crippen molar-refractivity contribution in [3.8, 4) is 0 Å². The van der Waals surface area contributed by atoms with Crippen LogP contribution in [-0.2, 0) is 25.6 Å². The number of hydrogen-bond donors (Lipinski definition) is 6. The second-order valence-corrected chi connectivity index (χ2v) is 9.65. The van der Waals surface area contributed by atoms with Gasteiger partial charge in [0.15, 0.2) is 0 Å². The molecular formula is C25H37N5O5. The number of carboxylic acid groups (broad SMARTS) is 1. The molecule has 2 rings (SSSR count). The largest absolute Gasteiger partial charge is 0.480 e. The first-order valence-corrected chi connectivity index (χ1v) is 11.8. The molecule has 10 nitrogen and oxygen atoms in total. The number of hydrogen-bond acceptors (Lipinski definition) is 5. The van der Waals surface area contributed by atoms with E-state index in [0.717, 1.165) is 16.5 Å². The number of fused-ring (bicyclic) bond motifs is 1. The number of aliphatic carboxylic acids is 1. The van der Waals surface area contributed by atoms with Crippen LogP contribution in [0.1, 0.15) is 46.6 Å². The standard InChI is InChI=1S/C25H37N5O5/c1-13(2)10-19(29-22(31)15(5)28-24(33)21(26)14(3)4)23(32)30-20(25(34)35)11-16-12-27-18-9-7-6-8-17(16)18/h6-9,12-15,19-21,27H,10-11,26H2,1-5H3,(H,28,33)(H,29,31)(H,30,32)(H,34,35). The highest BCUT2D eigenvalue weighted by atomic mass is 16.4. The van der Waals surface area contributed by atoms with E-state index in [9.17, 15) is 24.3 Å². The minimum Gasteiger partial charge on any atom is -0.480 e. The SMILES string of the molecule is CC(C)CC(NC(=O)C(C)NC(=O)C(N)C(C)C)C(=O)NC(Cc1c[nH]c2ccccc12)C(=O)O. The molecule has 1 heterocycles. The van der Waals surface area contributed by atoms with Crippen LogP contribution < -0.4 is 21.7 Å². The predicted octanol–water partition coefficient (Wildman–Crippen LogP) is 1.30. The Morgan fingerprint density at radius 3 is 2.14 bits per heavy atom. The van der Waals surface area contributed by atoms with E-state index in [1.54, 1.807) is 20.0 Å². The first kappa shape index (κ1) is 27.8. The summed E-state index contributed by atoms with van der Waals surface area (Å²) in [6.07, 6.45) is 2.10.